The van der Waals surface area contributed by atoms with Gasteiger partial charge in [-0.2, -0.15) is 0 Å². The number of ether oxygens (including phenoxy) is 3. The third-order valence-corrected chi connectivity index (χ3v) is 5.66. The van der Waals surface area contributed by atoms with Crippen molar-refractivity contribution in [2.75, 3.05) is 32.3 Å². The monoisotopic (exact) mass is 399 g/mol. The summed E-state index contributed by atoms with van der Waals surface area (Å²) in [6, 6.07) is 9.73. The molecule has 0 radical (unpaired) electrons. The number of fused-ring (bicyclic) bond motifs is 1. The summed E-state index contributed by atoms with van der Waals surface area (Å²) in [5.41, 5.74) is 1.79. The van der Waals surface area contributed by atoms with Crippen LogP contribution in [0.5, 0.6) is 5.75 Å². The van der Waals surface area contributed by atoms with Gasteiger partial charge in [-0.05, 0) is 35.4 Å². The summed E-state index contributed by atoms with van der Waals surface area (Å²) < 4.78 is 31.2. The third kappa shape index (κ3) is 3.52. The Morgan fingerprint density at radius 1 is 1.14 bits per heavy atom. The average Bonchev–Trinajstić information content (AvgIpc) is 2.96. The first-order valence-corrected chi connectivity index (χ1v) is 9.45. The van der Waals surface area contributed by atoms with Gasteiger partial charge in [-0.3, -0.25) is 9.59 Å². The smallest absolute Gasteiger partial charge is 0.299 e. The number of amides is 1. The summed E-state index contributed by atoms with van der Waals surface area (Å²) in [5, 5.41) is 0. The number of hydrogen-bond acceptors (Lipinski definition) is 5. The Balaban J connectivity index is 1.55. The van der Waals surface area contributed by atoms with Gasteiger partial charge in [0.1, 0.15) is 18.2 Å². The molecule has 0 aliphatic carbocycles. The van der Waals surface area contributed by atoms with E-state index in [2.05, 4.69) is 0 Å². The Labute approximate surface area is 168 Å². The molecule has 1 fully saturated rings. The highest BCUT2D eigenvalue weighted by Crippen LogP contribution is 2.37. The third-order valence-electron chi connectivity index (χ3n) is 5.66. The summed E-state index contributed by atoms with van der Waals surface area (Å²) in [6.45, 7) is 1.25. The van der Waals surface area contributed by atoms with Crippen LogP contribution < -0.4 is 9.64 Å². The van der Waals surface area contributed by atoms with E-state index in [0.29, 0.717) is 43.1 Å². The number of ketones is 1. The number of likely N-dealkylation sites (N-methyl/N-ethyl adjacent to an activating group) is 1. The number of halogens is 1. The van der Waals surface area contributed by atoms with Crippen LogP contribution in [0.15, 0.2) is 36.4 Å². The summed E-state index contributed by atoms with van der Waals surface area (Å²) >= 11 is 0. The van der Waals surface area contributed by atoms with Crippen molar-refractivity contribution in [1.29, 1.82) is 0 Å². The van der Waals surface area contributed by atoms with Crippen LogP contribution in [0, 0.1) is 5.82 Å². The molecule has 0 aromatic heterocycles. The maximum absolute atomic E-state index is 14.3. The Kier molecular flexibility index (Phi) is 5.10. The van der Waals surface area contributed by atoms with Gasteiger partial charge in [0.15, 0.2) is 0 Å². The van der Waals surface area contributed by atoms with E-state index in [4.69, 9.17) is 14.2 Å². The van der Waals surface area contributed by atoms with E-state index in [-0.39, 0.29) is 6.61 Å². The molecule has 0 spiro atoms. The molecule has 0 bridgehead atoms. The lowest BCUT2D eigenvalue weighted by molar-refractivity contribution is -0.114. The molecule has 0 unspecified atom stereocenters. The zero-order valence-electron chi connectivity index (χ0n) is 16.4. The molecule has 2 aliphatic rings. The van der Waals surface area contributed by atoms with Gasteiger partial charge in [0, 0.05) is 46.3 Å². The maximum atomic E-state index is 14.3. The van der Waals surface area contributed by atoms with Gasteiger partial charge in [-0.25, -0.2) is 4.39 Å². The van der Waals surface area contributed by atoms with Crippen LogP contribution in [0.1, 0.15) is 34.3 Å². The Bertz CT molecular complexity index is 968. The quantitative estimate of drug-likeness (QED) is 0.723. The summed E-state index contributed by atoms with van der Waals surface area (Å²) in [6.07, 6.45) is 1.28. The first kappa shape index (κ1) is 19.5. The zero-order valence-corrected chi connectivity index (χ0v) is 16.4. The van der Waals surface area contributed by atoms with Crippen molar-refractivity contribution in [1.82, 2.24) is 0 Å². The molecule has 2 aromatic rings. The molecule has 2 aromatic carbocycles. The Hall–Kier alpha value is -2.77. The van der Waals surface area contributed by atoms with Crippen LogP contribution >= 0.6 is 0 Å². The second kappa shape index (κ2) is 7.57. The number of benzene rings is 2. The standard InChI is InChI=1S/C22H22FNO5/c1-24-19-4-3-14(9-18(19)20(25)21(24)26)13-29-17-11-15(10-16(23)12-17)22(27-2)5-7-28-8-6-22/h3-4,9-12H,5-8,13H2,1-2H3. The molecule has 2 heterocycles. The zero-order chi connectivity index (χ0) is 20.6. The molecule has 1 saturated heterocycles. The van der Waals surface area contributed by atoms with Gasteiger partial charge in [0.25, 0.3) is 11.7 Å². The van der Waals surface area contributed by atoms with Crippen LogP contribution in [0.4, 0.5) is 10.1 Å². The molecule has 4 rings (SSSR count). The molecule has 6 nitrogen and oxygen atoms in total. The van der Waals surface area contributed by atoms with Gasteiger partial charge in [0.2, 0.25) is 0 Å². The average molecular weight is 399 g/mol. The second-order valence-corrected chi connectivity index (χ2v) is 7.32. The number of hydrogen-bond donors (Lipinski definition) is 0. The highest BCUT2D eigenvalue weighted by Gasteiger charge is 2.35. The topological polar surface area (TPSA) is 65.1 Å². The van der Waals surface area contributed by atoms with Gasteiger partial charge in [0.05, 0.1) is 16.9 Å². The summed E-state index contributed by atoms with van der Waals surface area (Å²) in [4.78, 5) is 25.2. The highest BCUT2D eigenvalue weighted by atomic mass is 19.1. The van der Waals surface area contributed by atoms with Crippen molar-refractivity contribution < 1.29 is 28.2 Å². The van der Waals surface area contributed by atoms with Crippen molar-refractivity contribution in [3.63, 3.8) is 0 Å². The van der Waals surface area contributed by atoms with Crippen molar-refractivity contribution >= 4 is 17.4 Å². The Morgan fingerprint density at radius 3 is 2.62 bits per heavy atom. The minimum absolute atomic E-state index is 0.143. The first-order chi connectivity index (χ1) is 13.9. The van der Waals surface area contributed by atoms with Crippen LogP contribution in [-0.4, -0.2) is 39.1 Å². The lowest BCUT2D eigenvalue weighted by Crippen LogP contribution is -2.35. The molecule has 29 heavy (non-hydrogen) atoms. The number of rotatable bonds is 5. The predicted octanol–water partition coefficient (Wildman–Crippen LogP) is 3.22. The summed E-state index contributed by atoms with van der Waals surface area (Å²) in [5.74, 6) is -1.10. The van der Waals surface area contributed by atoms with E-state index in [1.54, 1.807) is 38.4 Å². The molecule has 0 saturated carbocycles. The van der Waals surface area contributed by atoms with E-state index in [0.717, 1.165) is 11.1 Å². The van der Waals surface area contributed by atoms with Gasteiger partial charge >= 0.3 is 0 Å². The van der Waals surface area contributed by atoms with Crippen molar-refractivity contribution in [3.05, 3.63) is 58.9 Å². The molecule has 2 aliphatic heterocycles. The first-order valence-electron chi connectivity index (χ1n) is 9.45. The molecule has 7 heteroatoms. The highest BCUT2D eigenvalue weighted by molar-refractivity contribution is 6.52. The molecule has 152 valence electrons. The molecular formula is C22H22FNO5. The van der Waals surface area contributed by atoms with Gasteiger partial charge < -0.3 is 19.1 Å². The fourth-order valence-corrected chi connectivity index (χ4v) is 3.91. The van der Waals surface area contributed by atoms with Crippen LogP contribution in [0.2, 0.25) is 0 Å². The van der Waals surface area contributed by atoms with E-state index >= 15 is 0 Å². The number of nitrogens with zero attached hydrogens (tertiary/aromatic N) is 1. The van der Waals surface area contributed by atoms with Crippen LogP contribution in [0.3, 0.4) is 0 Å². The second-order valence-electron chi connectivity index (χ2n) is 7.32. The minimum atomic E-state index is -0.594. The van der Waals surface area contributed by atoms with Crippen molar-refractivity contribution in [3.8, 4) is 5.75 Å². The van der Waals surface area contributed by atoms with E-state index in [1.807, 2.05) is 0 Å². The fraction of sp³-hybridized carbons (Fsp3) is 0.364. The lowest BCUT2D eigenvalue weighted by atomic mass is 9.86. The molecule has 0 N–H and O–H groups in total. The minimum Gasteiger partial charge on any atom is -0.489 e. The predicted molar refractivity (Wildman–Crippen MR) is 104 cm³/mol. The van der Waals surface area contributed by atoms with E-state index < -0.39 is 23.1 Å². The molecule has 0 atom stereocenters. The number of carbonyl (C=O) groups excluding carboxylic acids is 2. The molecular weight excluding hydrogens is 377 g/mol. The Morgan fingerprint density at radius 2 is 1.90 bits per heavy atom. The number of carbonyl (C=O) groups is 2. The largest absolute Gasteiger partial charge is 0.489 e. The summed E-state index contributed by atoms with van der Waals surface area (Å²) in [7, 11) is 3.19. The SMILES string of the molecule is COC1(c2cc(F)cc(OCc3ccc4c(c3)C(=O)C(=O)N4C)c2)CCOCC1. The number of methoxy groups -OCH3 is 1. The van der Waals surface area contributed by atoms with Gasteiger partial charge in [-0.1, -0.05) is 6.07 Å². The number of anilines is 1. The van der Waals surface area contributed by atoms with Crippen LogP contribution in [-0.2, 0) is 26.5 Å². The van der Waals surface area contributed by atoms with E-state index in [9.17, 15) is 14.0 Å². The van der Waals surface area contributed by atoms with Crippen LogP contribution in [0.25, 0.3) is 0 Å². The van der Waals surface area contributed by atoms with Crippen molar-refractivity contribution in [2.45, 2.75) is 25.0 Å². The molecule has 1 amide bonds. The lowest BCUT2D eigenvalue weighted by Gasteiger charge is -2.36. The maximum Gasteiger partial charge on any atom is 0.299 e. The fourth-order valence-electron chi connectivity index (χ4n) is 3.91. The van der Waals surface area contributed by atoms with E-state index in [1.165, 1.54) is 17.0 Å². The van der Waals surface area contributed by atoms with Crippen molar-refractivity contribution in [2.24, 2.45) is 0 Å². The number of Topliss-reactive ketones (excluding diaryl/α,β-unsaturated/α-hetero) is 1. The normalized spacial score (nSPS) is 18.1. The van der Waals surface area contributed by atoms with Gasteiger partial charge in [-0.15, -0.1) is 0 Å².